The van der Waals surface area contributed by atoms with Gasteiger partial charge in [-0.3, -0.25) is 0 Å². The third-order valence-electron chi connectivity index (χ3n) is 3.02. The van der Waals surface area contributed by atoms with Gasteiger partial charge in [0.25, 0.3) is 0 Å². The van der Waals surface area contributed by atoms with Gasteiger partial charge < -0.3 is 29.9 Å². The molecule has 8 heteroatoms. The molecule has 0 aliphatic heterocycles. The van der Waals surface area contributed by atoms with Gasteiger partial charge in [-0.25, -0.2) is 9.59 Å². The van der Waals surface area contributed by atoms with Gasteiger partial charge in [-0.05, 0) is 12.8 Å². The molecule has 0 aliphatic carbocycles. The first kappa shape index (κ1) is 22.3. The minimum Gasteiger partial charge on any atom is -0.478 e. The highest BCUT2D eigenvalue weighted by atomic mass is 16.5. The molecule has 4 N–H and O–H groups in total. The monoisotopic (exact) mass is 346 g/mol. The molecule has 0 radical (unpaired) electrons. The van der Waals surface area contributed by atoms with Gasteiger partial charge >= 0.3 is 11.9 Å². The smallest absolute Gasteiger partial charge is 0.331 e. The summed E-state index contributed by atoms with van der Waals surface area (Å²) >= 11 is 0. The van der Waals surface area contributed by atoms with Crippen LogP contribution in [0.5, 0.6) is 0 Å². The molecule has 0 amide bonds. The van der Waals surface area contributed by atoms with Crippen LogP contribution in [0.1, 0.15) is 25.7 Å². The second-order valence-corrected chi connectivity index (χ2v) is 5.39. The Morgan fingerprint density at radius 1 is 0.792 bits per heavy atom. The lowest BCUT2D eigenvalue weighted by Crippen LogP contribution is -2.19. The molecule has 0 aromatic heterocycles. The molecule has 0 saturated carbocycles. The van der Waals surface area contributed by atoms with Crippen molar-refractivity contribution in [2.45, 2.75) is 37.9 Å². The summed E-state index contributed by atoms with van der Waals surface area (Å²) in [6.45, 7) is 7.48. The molecular formula is C16H26O8. The third kappa shape index (κ3) is 11.8. The number of carboxylic acid groups (broad SMARTS) is 2. The lowest BCUT2D eigenvalue weighted by Gasteiger charge is -2.12. The van der Waals surface area contributed by atoms with E-state index in [9.17, 15) is 19.8 Å². The van der Waals surface area contributed by atoms with Crippen LogP contribution in [0.4, 0.5) is 0 Å². The minimum absolute atomic E-state index is 0.0309. The zero-order valence-electron chi connectivity index (χ0n) is 13.6. The quantitative estimate of drug-likeness (QED) is 0.250. The van der Waals surface area contributed by atoms with Gasteiger partial charge in [0, 0.05) is 37.2 Å². The Balaban J connectivity index is 3.51. The predicted molar refractivity (Wildman–Crippen MR) is 85.7 cm³/mol. The highest BCUT2D eigenvalue weighted by Gasteiger charge is 2.12. The van der Waals surface area contributed by atoms with Crippen molar-refractivity contribution in [2.75, 3.05) is 26.4 Å². The lowest BCUT2D eigenvalue weighted by molar-refractivity contribution is -0.134. The van der Waals surface area contributed by atoms with Crippen LogP contribution >= 0.6 is 0 Å². The number of carbonyl (C=O) groups is 2. The average Bonchev–Trinajstić information content (AvgIpc) is 2.49. The van der Waals surface area contributed by atoms with E-state index in [4.69, 9.17) is 19.7 Å². The van der Waals surface area contributed by atoms with Gasteiger partial charge in [-0.2, -0.15) is 0 Å². The highest BCUT2D eigenvalue weighted by Crippen LogP contribution is 2.05. The molecule has 0 aromatic carbocycles. The molecule has 0 fully saturated rings. The van der Waals surface area contributed by atoms with E-state index in [1.165, 1.54) is 0 Å². The third-order valence-corrected chi connectivity index (χ3v) is 3.02. The second kappa shape index (κ2) is 12.7. The van der Waals surface area contributed by atoms with Gasteiger partial charge in [0.15, 0.2) is 0 Å². The largest absolute Gasteiger partial charge is 0.478 e. The number of unbranched alkanes of at least 4 members (excludes halogenated alkanes) is 1. The number of hydrogen-bond acceptors (Lipinski definition) is 6. The van der Waals surface area contributed by atoms with Crippen LogP contribution in [0.15, 0.2) is 24.3 Å². The van der Waals surface area contributed by atoms with E-state index in [2.05, 4.69) is 13.2 Å². The van der Waals surface area contributed by atoms with E-state index in [0.29, 0.717) is 26.1 Å². The molecule has 2 atom stereocenters. The molecule has 0 aromatic rings. The van der Waals surface area contributed by atoms with Crippen molar-refractivity contribution in [3.63, 3.8) is 0 Å². The first-order valence-corrected chi connectivity index (χ1v) is 7.57. The predicted octanol–water partition coefficient (Wildman–Crippen LogP) is 0.583. The standard InChI is InChI=1S/C16H26O8/c1-11(15(19)20)7-13(17)9-23-5-3-4-6-24-10-14(18)8-12(2)16(21)22/h13-14,17-18H,1-10H2,(H,19,20)(H,21,22). The molecule has 0 bridgehead atoms. The van der Waals surface area contributed by atoms with E-state index in [1.54, 1.807) is 0 Å². The number of rotatable bonds is 15. The molecular weight excluding hydrogens is 320 g/mol. The van der Waals surface area contributed by atoms with Crippen molar-refractivity contribution in [1.82, 2.24) is 0 Å². The molecule has 0 saturated heterocycles. The van der Waals surface area contributed by atoms with E-state index in [0.717, 1.165) is 0 Å². The van der Waals surface area contributed by atoms with Gasteiger partial charge in [0.1, 0.15) is 0 Å². The number of aliphatic hydroxyl groups excluding tert-OH is 2. The number of hydrogen-bond donors (Lipinski definition) is 4. The average molecular weight is 346 g/mol. The fourth-order valence-corrected chi connectivity index (χ4v) is 1.71. The maximum absolute atomic E-state index is 10.5. The van der Waals surface area contributed by atoms with Crippen molar-refractivity contribution in [1.29, 1.82) is 0 Å². The maximum atomic E-state index is 10.5. The van der Waals surface area contributed by atoms with E-state index >= 15 is 0 Å². The Labute approximate surface area is 141 Å². The van der Waals surface area contributed by atoms with Crippen LogP contribution in [-0.2, 0) is 19.1 Å². The Kier molecular flexibility index (Phi) is 11.7. The summed E-state index contributed by atoms with van der Waals surface area (Å²) in [5.74, 6) is -2.28. The van der Waals surface area contributed by atoms with Gasteiger partial charge in [-0.1, -0.05) is 13.2 Å². The molecule has 2 unspecified atom stereocenters. The molecule has 0 spiro atoms. The SMILES string of the molecule is C=C(CC(O)COCCCCOCC(O)CC(=C)C(=O)O)C(=O)O. The van der Waals surface area contributed by atoms with Crippen molar-refractivity contribution in [3.05, 3.63) is 24.3 Å². The number of carboxylic acids is 2. The topological polar surface area (TPSA) is 134 Å². The maximum Gasteiger partial charge on any atom is 0.331 e. The van der Waals surface area contributed by atoms with Crippen LogP contribution in [-0.4, -0.2) is 71.0 Å². The van der Waals surface area contributed by atoms with Gasteiger partial charge in [-0.15, -0.1) is 0 Å². The van der Waals surface area contributed by atoms with Crippen LogP contribution in [0.25, 0.3) is 0 Å². The summed E-state index contributed by atoms with van der Waals surface area (Å²) in [6.07, 6.45) is -0.546. The minimum atomic E-state index is -1.14. The molecule has 8 nitrogen and oxygen atoms in total. The first-order chi connectivity index (χ1) is 11.2. The zero-order valence-corrected chi connectivity index (χ0v) is 13.6. The van der Waals surface area contributed by atoms with Crippen molar-refractivity contribution in [3.8, 4) is 0 Å². The summed E-state index contributed by atoms with van der Waals surface area (Å²) in [4.78, 5) is 21.1. The van der Waals surface area contributed by atoms with Crippen molar-refractivity contribution < 1.29 is 39.5 Å². The molecule has 0 heterocycles. The number of aliphatic carboxylic acids is 2. The number of ether oxygens (including phenoxy) is 2. The Morgan fingerprint density at radius 3 is 1.42 bits per heavy atom. The summed E-state index contributed by atoms with van der Waals surface area (Å²) in [6, 6.07) is 0. The molecule has 0 rings (SSSR count). The Hall–Kier alpha value is -1.74. The van der Waals surface area contributed by atoms with E-state index in [-0.39, 0.29) is 37.2 Å². The fraction of sp³-hybridized carbons (Fsp3) is 0.625. The van der Waals surface area contributed by atoms with Gasteiger partial charge in [0.2, 0.25) is 0 Å². The van der Waals surface area contributed by atoms with Crippen LogP contribution in [0, 0.1) is 0 Å². The number of aliphatic hydroxyl groups is 2. The van der Waals surface area contributed by atoms with Crippen molar-refractivity contribution >= 4 is 11.9 Å². The summed E-state index contributed by atoms with van der Waals surface area (Å²) < 4.78 is 10.4. The first-order valence-electron chi connectivity index (χ1n) is 7.57. The normalized spacial score (nSPS) is 13.2. The molecule has 138 valence electrons. The summed E-state index contributed by atoms with van der Waals surface area (Å²) in [5, 5.41) is 36.3. The van der Waals surface area contributed by atoms with Crippen LogP contribution in [0.3, 0.4) is 0 Å². The summed E-state index contributed by atoms with van der Waals surface area (Å²) in [5.41, 5.74) is -0.132. The second-order valence-electron chi connectivity index (χ2n) is 5.39. The fourth-order valence-electron chi connectivity index (χ4n) is 1.71. The van der Waals surface area contributed by atoms with Crippen LogP contribution < -0.4 is 0 Å². The summed E-state index contributed by atoms with van der Waals surface area (Å²) in [7, 11) is 0. The van der Waals surface area contributed by atoms with E-state index in [1.807, 2.05) is 0 Å². The van der Waals surface area contributed by atoms with Crippen LogP contribution in [0.2, 0.25) is 0 Å². The lowest BCUT2D eigenvalue weighted by atomic mass is 10.1. The van der Waals surface area contributed by atoms with E-state index < -0.39 is 24.1 Å². The Morgan fingerprint density at radius 2 is 1.12 bits per heavy atom. The van der Waals surface area contributed by atoms with Crippen molar-refractivity contribution in [2.24, 2.45) is 0 Å². The highest BCUT2D eigenvalue weighted by molar-refractivity contribution is 5.86. The zero-order chi connectivity index (χ0) is 18.5. The molecule has 24 heavy (non-hydrogen) atoms. The molecule has 0 aliphatic rings. The van der Waals surface area contributed by atoms with Gasteiger partial charge in [0.05, 0.1) is 25.4 Å². The Bertz CT molecular complexity index is 392.